The maximum atomic E-state index is 5.80. The second kappa shape index (κ2) is 5.07. The molecule has 0 spiro atoms. The number of hydrogen-bond donors (Lipinski definition) is 0. The summed E-state index contributed by atoms with van der Waals surface area (Å²) in [5, 5.41) is 0. The van der Waals surface area contributed by atoms with Gasteiger partial charge in [-0.05, 0) is 17.0 Å². The molecule has 0 bridgehead atoms. The summed E-state index contributed by atoms with van der Waals surface area (Å²) in [6.07, 6.45) is -0.219. The van der Waals surface area contributed by atoms with Gasteiger partial charge in [-0.3, -0.25) is 0 Å². The molecule has 0 radical (unpaired) electrons. The molecule has 1 aliphatic rings. The highest BCUT2D eigenvalue weighted by Crippen LogP contribution is 2.31. The Morgan fingerprint density at radius 3 is 2.47 bits per heavy atom. The fraction of sp³-hybridized carbons (Fsp3) is 0.571. The summed E-state index contributed by atoms with van der Waals surface area (Å²) in [5.41, 5.74) is 1.28. The van der Waals surface area contributed by atoms with Crippen molar-refractivity contribution in [3.8, 4) is 5.75 Å². The fourth-order valence-electron chi connectivity index (χ4n) is 1.87. The zero-order chi connectivity index (χ0) is 12.3. The average Bonchev–Trinajstić information content (AvgIpc) is 2.78. The van der Waals surface area contributed by atoms with E-state index in [2.05, 4.69) is 26.8 Å². The minimum Gasteiger partial charge on any atom is -0.488 e. The van der Waals surface area contributed by atoms with Gasteiger partial charge in [-0.1, -0.05) is 39.0 Å². The van der Waals surface area contributed by atoms with Gasteiger partial charge >= 0.3 is 0 Å². The maximum Gasteiger partial charge on any atom is 0.191 e. The van der Waals surface area contributed by atoms with Crippen LogP contribution in [0.15, 0.2) is 24.3 Å². The molecule has 1 aliphatic heterocycles. The minimum absolute atomic E-state index is 0.0774. The van der Waals surface area contributed by atoms with Crippen LogP contribution in [0.5, 0.6) is 5.75 Å². The number of rotatable bonds is 3. The lowest BCUT2D eigenvalue weighted by Crippen LogP contribution is -2.20. The lowest BCUT2D eigenvalue weighted by atomic mass is 9.86. The van der Waals surface area contributed by atoms with Crippen molar-refractivity contribution < 1.29 is 14.2 Å². The fourth-order valence-corrected chi connectivity index (χ4v) is 1.87. The molecule has 0 atom stereocenters. The van der Waals surface area contributed by atoms with Crippen LogP contribution in [0.3, 0.4) is 0 Å². The van der Waals surface area contributed by atoms with Crippen molar-refractivity contribution in [3.63, 3.8) is 0 Å². The Balaban J connectivity index is 2.04. The molecule has 0 aromatic heterocycles. The molecule has 3 nitrogen and oxygen atoms in total. The first-order valence-electron chi connectivity index (χ1n) is 6.03. The normalized spacial score (nSPS) is 17.4. The van der Waals surface area contributed by atoms with E-state index in [1.807, 2.05) is 18.2 Å². The standard InChI is InChI=1S/C14H20O3/c1-14(2,3)11-6-4-5-7-12(11)17-10-13-15-8-9-16-13/h4-7,13H,8-10H2,1-3H3. The Labute approximate surface area is 103 Å². The molecule has 1 aromatic carbocycles. The van der Waals surface area contributed by atoms with Gasteiger partial charge in [0.2, 0.25) is 0 Å². The smallest absolute Gasteiger partial charge is 0.191 e. The van der Waals surface area contributed by atoms with Gasteiger partial charge in [0.25, 0.3) is 0 Å². The van der Waals surface area contributed by atoms with Crippen molar-refractivity contribution >= 4 is 0 Å². The molecule has 0 N–H and O–H groups in total. The molecule has 3 heteroatoms. The number of para-hydroxylation sites is 1. The minimum atomic E-state index is -0.219. The van der Waals surface area contributed by atoms with Crippen LogP contribution < -0.4 is 4.74 Å². The summed E-state index contributed by atoms with van der Waals surface area (Å²) < 4.78 is 16.5. The van der Waals surface area contributed by atoms with Gasteiger partial charge in [0.15, 0.2) is 6.29 Å². The molecular weight excluding hydrogens is 216 g/mol. The van der Waals surface area contributed by atoms with Crippen molar-refractivity contribution in [1.29, 1.82) is 0 Å². The molecule has 0 aliphatic carbocycles. The van der Waals surface area contributed by atoms with Crippen LogP contribution in [0, 0.1) is 0 Å². The molecule has 2 rings (SSSR count). The first-order valence-corrected chi connectivity index (χ1v) is 6.03. The topological polar surface area (TPSA) is 27.7 Å². The zero-order valence-electron chi connectivity index (χ0n) is 10.7. The highest BCUT2D eigenvalue weighted by atomic mass is 16.7. The third-order valence-electron chi connectivity index (χ3n) is 2.76. The van der Waals surface area contributed by atoms with Crippen LogP contribution in [0.25, 0.3) is 0 Å². The van der Waals surface area contributed by atoms with Gasteiger partial charge in [-0.15, -0.1) is 0 Å². The Morgan fingerprint density at radius 2 is 1.82 bits per heavy atom. The Bertz CT molecular complexity index is 362. The predicted octanol–water partition coefficient (Wildman–Crippen LogP) is 2.74. The Morgan fingerprint density at radius 1 is 1.18 bits per heavy atom. The molecule has 1 saturated heterocycles. The summed E-state index contributed by atoms with van der Waals surface area (Å²) in [7, 11) is 0. The predicted molar refractivity (Wildman–Crippen MR) is 66.3 cm³/mol. The van der Waals surface area contributed by atoms with Crippen LogP contribution in [-0.2, 0) is 14.9 Å². The second-order valence-electron chi connectivity index (χ2n) is 5.23. The summed E-state index contributed by atoms with van der Waals surface area (Å²) >= 11 is 0. The molecule has 1 fully saturated rings. The third kappa shape index (κ3) is 3.20. The van der Waals surface area contributed by atoms with Gasteiger partial charge in [0.1, 0.15) is 12.4 Å². The van der Waals surface area contributed by atoms with Crippen LogP contribution in [0.2, 0.25) is 0 Å². The molecule has 0 saturated carbocycles. The highest BCUT2D eigenvalue weighted by molar-refractivity contribution is 5.38. The lowest BCUT2D eigenvalue weighted by Gasteiger charge is -2.23. The van der Waals surface area contributed by atoms with E-state index in [4.69, 9.17) is 14.2 Å². The van der Waals surface area contributed by atoms with Crippen molar-refractivity contribution in [1.82, 2.24) is 0 Å². The quantitative estimate of drug-likeness (QED) is 0.807. The molecule has 17 heavy (non-hydrogen) atoms. The van der Waals surface area contributed by atoms with E-state index in [0.29, 0.717) is 19.8 Å². The average molecular weight is 236 g/mol. The summed E-state index contributed by atoms with van der Waals surface area (Å²) in [6, 6.07) is 8.12. The summed E-state index contributed by atoms with van der Waals surface area (Å²) in [6.45, 7) is 8.31. The van der Waals surface area contributed by atoms with E-state index in [9.17, 15) is 0 Å². The van der Waals surface area contributed by atoms with E-state index in [1.54, 1.807) is 0 Å². The number of benzene rings is 1. The van der Waals surface area contributed by atoms with Gasteiger partial charge in [-0.25, -0.2) is 0 Å². The molecule has 0 unspecified atom stereocenters. The second-order valence-corrected chi connectivity index (χ2v) is 5.23. The largest absolute Gasteiger partial charge is 0.488 e. The van der Waals surface area contributed by atoms with Gasteiger partial charge in [-0.2, -0.15) is 0 Å². The van der Waals surface area contributed by atoms with Crippen molar-refractivity contribution in [2.45, 2.75) is 32.5 Å². The van der Waals surface area contributed by atoms with Gasteiger partial charge in [0.05, 0.1) is 13.2 Å². The van der Waals surface area contributed by atoms with Gasteiger partial charge < -0.3 is 14.2 Å². The molecular formula is C14H20O3. The zero-order valence-corrected chi connectivity index (χ0v) is 10.7. The van der Waals surface area contributed by atoms with Crippen LogP contribution in [0.1, 0.15) is 26.3 Å². The van der Waals surface area contributed by atoms with E-state index in [0.717, 1.165) is 5.75 Å². The van der Waals surface area contributed by atoms with Crippen molar-refractivity contribution in [3.05, 3.63) is 29.8 Å². The Kier molecular flexibility index (Phi) is 3.69. The number of hydrogen-bond acceptors (Lipinski definition) is 3. The molecule has 1 aromatic rings. The van der Waals surface area contributed by atoms with Crippen molar-refractivity contribution in [2.24, 2.45) is 0 Å². The summed E-state index contributed by atoms with van der Waals surface area (Å²) in [5.74, 6) is 0.916. The van der Waals surface area contributed by atoms with E-state index < -0.39 is 0 Å². The monoisotopic (exact) mass is 236 g/mol. The Hall–Kier alpha value is -1.06. The van der Waals surface area contributed by atoms with E-state index >= 15 is 0 Å². The third-order valence-corrected chi connectivity index (χ3v) is 2.76. The molecule has 0 amide bonds. The van der Waals surface area contributed by atoms with Crippen LogP contribution in [-0.4, -0.2) is 26.1 Å². The first kappa shape index (κ1) is 12.4. The summed E-state index contributed by atoms with van der Waals surface area (Å²) in [4.78, 5) is 0. The highest BCUT2D eigenvalue weighted by Gasteiger charge is 2.21. The SMILES string of the molecule is CC(C)(C)c1ccccc1OCC1OCCO1. The van der Waals surface area contributed by atoms with E-state index in [1.165, 1.54) is 5.56 Å². The van der Waals surface area contributed by atoms with E-state index in [-0.39, 0.29) is 11.7 Å². The first-order chi connectivity index (χ1) is 8.07. The van der Waals surface area contributed by atoms with Crippen LogP contribution in [0.4, 0.5) is 0 Å². The van der Waals surface area contributed by atoms with Gasteiger partial charge in [0, 0.05) is 0 Å². The molecule has 94 valence electrons. The maximum absolute atomic E-state index is 5.80. The van der Waals surface area contributed by atoms with Crippen LogP contribution >= 0.6 is 0 Å². The number of ether oxygens (including phenoxy) is 3. The molecule has 1 heterocycles. The lowest BCUT2D eigenvalue weighted by molar-refractivity contribution is -0.0686. The van der Waals surface area contributed by atoms with Crippen molar-refractivity contribution in [2.75, 3.05) is 19.8 Å².